The van der Waals surface area contributed by atoms with Crippen molar-refractivity contribution in [2.45, 2.75) is 6.54 Å². The van der Waals surface area contributed by atoms with E-state index in [2.05, 4.69) is 22.1 Å². The third-order valence-electron chi connectivity index (χ3n) is 2.52. The summed E-state index contributed by atoms with van der Waals surface area (Å²) >= 11 is 1.37. The lowest BCUT2D eigenvalue weighted by Gasteiger charge is -2.04. The van der Waals surface area contributed by atoms with Crippen LogP contribution in [0.1, 0.15) is 21.1 Å². The molecule has 2 aromatic rings. The molecule has 0 spiro atoms. The minimum Gasteiger partial charge on any atom is -0.344 e. The summed E-state index contributed by atoms with van der Waals surface area (Å²) in [6.07, 6.45) is 3.54. The lowest BCUT2D eigenvalue weighted by Crippen LogP contribution is -2.24. The monoisotopic (exact) mass is 274 g/mol. The number of nitrogens with two attached hydrogens (primary N) is 1. The standard InChI is InChI=1S/C13H14N4OS/c1-17-7-6-15-11(17)9-16-13(18)12-10(3-2-5-14)4-8-19-12/h4,6-8H,5,9,14H2,1H3,(H,16,18). The van der Waals surface area contributed by atoms with Crippen molar-refractivity contribution in [2.24, 2.45) is 12.8 Å². The molecule has 0 bridgehead atoms. The van der Waals surface area contributed by atoms with Crippen LogP contribution in [0.5, 0.6) is 0 Å². The molecular weight excluding hydrogens is 260 g/mol. The summed E-state index contributed by atoms with van der Waals surface area (Å²) in [5, 5.41) is 4.68. The van der Waals surface area contributed by atoms with Gasteiger partial charge in [0.05, 0.1) is 13.1 Å². The van der Waals surface area contributed by atoms with Crippen molar-refractivity contribution in [1.82, 2.24) is 14.9 Å². The third-order valence-corrected chi connectivity index (χ3v) is 3.44. The lowest BCUT2D eigenvalue weighted by molar-refractivity contribution is 0.0953. The largest absolute Gasteiger partial charge is 0.344 e. The van der Waals surface area contributed by atoms with Gasteiger partial charge in [-0.3, -0.25) is 4.79 Å². The molecule has 0 saturated carbocycles. The minimum absolute atomic E-state index is 0.140. The topological polar surface area (TPSA) is 72.9 Å². The van der Waals surface area contributed by atoms with Crippen LogP contribution in [-0.2, 0) is 13.6 Å². The molecular formula is C13H14N4OS. The normalized spacial score (nSPS) is 9.79. The number of aryl methyl sites for hydroxylation is 1. The molecule has 0 unspecified atom stereocenters. The Morgan fingerprint density at radius 1 is 1.63 bits per heavy atom. The molecule has 0 saturated heterocycles. The molecule has 2 rings (SSSR count). The molecule has 0 aliphatic rings. The number of aromatic nitrogens is 2. The first-order valence-electron chi connectivity index (χ1n) is 5.73. The van der Waals surface area contributed by atoms with Gasteiger partial charge in [0.1, 0.15) is 10.7 Å². The Morgan fingerprint density at radius 2 is 2.47 bits per heavy atom. The van der Waals surface area contributed by atoms with Crippen molar-refractivity contribution in [1.29, 1.82) is 0 Å². The van der Waals surface area contributed by atoms with Gasteiger partial charge in [0.2, 0.25) is 0 Å². The Bertz CT molecular complexity index is 632. The molecule has 2 aromatic heterocycles. The van der Waals surface area contributed by atoms with Gasteiger partial charge in [0, 0.05) is 25.0 Å². The van der Waals surface area contributed by atoms with Crippen LogP contribution >= 0.6 is 11.3 Å². The van der Waals surface area contributed by atoms with Crippen molar-refractivity contribution < 1.29 is 4.79 Å². The van der Waals surface area contributed by atoms with Crippen LogP contribution in [0.25, 0.3) is 0 Å². The molecule has 3 N–H and O–H groups in total. The number of thiophene rings is 1. The highest BCUT2D eigenvalue weighted by atomic mass is 32.1. The zero-order chi connectivity index (χ0) is 13.7. The summed E-state index contributed by atoms with van der Waals surface area (Å²) < 4.78 is 1.86. The molecule has 0 aromatic carbocycles. The highest BCUT2D eigenvalue weighted by Gasteiger charge is 2.12. The molecule has 0 radical (unpaired) electrons. The van der Waals surface area contributed by atoms with Gasteiger partial charge in [0.15, 0.2) is 0 Å². The number of amides is 1. The first-order valence-corrected chi connectivity index (χ1v) is 6.61. The fourth-order valence-electron chi connectivity index (χ4n) is 1.54. The number of carbonyl (C=O) groups excluding carboxylic acids is 1. The van der Waals surface area contributed by atoms with Gasteiger partial charge >= 0.3 is 0 Å². The van der Waals surface area contributed by atoms with Crippen LogP contribution < -0.4 is 11.1 Å². The van der Waals surface area contributed by atoms with E-state index in [1.807, 2.05) is 29.3 Å². The predicted molar refractivity (Wildman–Crippen MR) is 74.6 cm³/mol. The van der Waals surface area contributed by atoms with Crippen molar-refractivity contribution in [3.8, 4) is 11.8 Å². The maximum atomic E-state index is 12.1. The Labute approximate surface area is 115 Å². The molecule has 1 amide bonds. The smallest absolute Gasteiger partial charge is 0.263 e. The van der Waals surface area contributed by atoms with Gasteiger partial charge in [-0.2, -0.15) is 0 Å². The van der Waals surface area contributed by atoms with E-state index in [4.69, 9.17) is 5.73 Å². The molecule has 98 valence electrons. The number of imidazole rings is 1. The van der Waals surface area contributed by atoms with Gasteiger partial charge in [-0.15, -0.1) is 11.3 Å². The summed E-state index contributed by atoms with van der Waals surface area (Å²) in [5.74, 6) is 6.31. The Morgan fingerprint density at radius 3 is 3.16 bits per heavy atom. The van der Waals surface area contributed by atoms with Crippen molar-refractivity contribution in [3.05, 3.63) is 40.1 Å². The number of rotatable bonds is 3. The number of carbonyl (C=O) groups is 1. The summed E-state index contributed by atoms with van der Waals surface area (Å²) in [6.45, 7) is 0.675. The minimum atomic E-state index is -0.140. The maximum Gasteiger partial charge on any atom is 0.263 e. The van der Waals surface area contributed by atoms with E-state index in [0.29, 0.717) is 17.0 Å². The highest BCUT2D eigenvalue weighted by Crippen LogP contribution is 2.15. The molecule has 0 aliphatic heterocycles. The van der Waals surface area contributed by atoms with E-state index in [1.54, 1.807) is 6.20 Å². The Balaban J connectivity index is 2.04. The molecule has 0 aliphatic carbocycles. The molecule has 0 fully saturated rings. The van der Waals surface area contributed by atoms with Crippen molar-refractivity contribution >= 4 is 17.2 Å². The van der Waals surface area contributed by atoms with Gasteiger partial charge in [-0.25, -0.2) is 4.98 Å². The number of hydrogen-bond donors (Lipinski definition) is 2. The van der Waals surface area contributed by atoms with Crippen molar-refractivity contribution in [2.75, 3.05) is 6.54 Å². The van der Waals surface area contributed by atoms with Crippen molar-refractivity contribution in [3.63, 3.8) is 0 Å². The second-order valence-corrected chi connectivity index (χ2v) is 4.72. The third kappa shape index (κ3) is 3.22. The van der Waals surface area contributed by atoms with E-state index in [1.165, 1.54) is 11.3 Å². The SMILES string of the molecule is Cn1ccnc1CNC(=O)c1sccc1C#CCN. The van der Waals surface area contributed by atoms with Gasteiger partial charge in [-0.05, 0) is 11.4 Å². The van der Waals surface area contributed by atoms with E-state index < -0.39 is 0 Å². The quantitative estimate of drug-likeness (QED) is 0.810. The second-order valence-electron chi connectivity index (χ2n) is 3.81. The summed E-state index contributed by atoms with van der Waals surface area (Å²) in [4.78, 5) is 16.8. The zero-order valence-corrected chi connectivity index (χ0v) is 11.3. The zero-order valence-electron chi connectivity index (χ0n) is 10.5. The summed E-state index contributed by atoms with van der Waals surface area (Å²) in [7, 11) is 1.89. The summed E-state index contributed by atoms with van der Waals surface area (Å²) in [6, 6.07) is 1.82. The van der Waals surface area contributed by atoms with E-state index in [-0.39, 0.29) is 12.5 Å². The average Bonchev–Trinajstić information content (AvgIpc) is 3.02. The molecule has 0 atom stereocenters. The van der Waals surface area contributed by atoms with Crippen LogP contribution in [0.2, 0.25) is 0 Å². The predicted octanol–water partition coefficient (Wildman–Crippen LogP) is 0.722. The van der Waals surface area contributed by atoms with Gasteiger partial charge in [-0.1, -0.05) is 11.8 Å². The first-order chi connectivity index (χ1) is 9.22. The fourth-order valence-corrected chi connectivity index (χ4v) is 2.30. The number of hydrogen-bond acceptors (Lipinski definition) is 4. The average molecular weight is 274 g/mol. The summed E-state index contributed by atoms with van der Waals surface area (Å²) in [5.41, 5.74) is 6.04. The maximum absolute atomic E-state index is 12.1. The van der Waals surface area contributed by atoms with Gasteiger partial charge < -0.3 is 15.6 Å². The van der Waals surface area contributed by atoms with Crippen LogP contribution in [-0.4, -0.2) is 22.0 Å². The van der Waals surface area contributed by atoms with Gasteiger partial charge in [0.25, 0.3) is 5.91 Å². The molecule has 19 heavy (non-hydrogen) atoms. The van der Waals surface area contributed by atoms with Crippen LogP contribution in [0.3, 0.4) is 0 Å². The first kappa shape index (κ1) is 13.3. The van der Waals surface area contributed by atoms with Crippen LogP contribution in [0.15, 0.2) is 23.8 Å². The Kier molecular flexibility index (Phi) is 4.34. The Hall–Kier alpha value is -2.10. The second kappa shape index (κ2) is 6.18. The van der Waals surface area contributed by atoms with Crippen LogP contribution in [0.4, 0.5) is 0 Å². The highest BCUT2D eigenvalue weighted by molar-refractivity contribution is 7.12. The van der Waals surface area contributed by atoms with E-state index in [0.717, 1.165) is 5.82 Å². The van der Waals surface area contributed by atoms with E-state index in [9.17, 15) is 4.79 Å². The molecule has 2 heterocycles. The molecule has 6 heteroatoms. The molecule has 5 nitrogen and oxygen atoms in total. The number of nitrogens with one attached hydrogen (secondary N) is 1. The van der Waals surface area contributed by atoms with E-state index >= 15 is 0 Å². The fraction of sp³-hybridized carbons (Fsp3) is 0.231. The lowest BCUT2D eigenvalue weighted by atomic mass is 10.2. The van der Waals surface area contributed by atoms with Crippen LogP contribution in [0, 0.1) is 11.8 Å². The number of nitrogens with zero attached hydrogens (tertiary/aromatic N) is 2.